The lowest BCUT2D eigenvalue weighted by Gasteiger charge is -2.12. The van der Waals surface area contributed by atoms with Crippen molar-refractivity contribution in [3.05, 3.63) is 56.5 Å². The smallest absolute Gasteiger partial charge is 0.161 e. The third-order valence-corrected chi connectivity index (χ3v) is 4.16. The van der Waals surface area contributed by atoms with Crippen LogP contribution < -0.4 is 9.47 Å². The first-order valence-corrected chi connectivity index (χ1v) is 7.99. The van der Waals surface area contributed by atoms with Gasteiger partial charge in [-0.05, 0) is 42.8 Å². The van der Waals surface area contributed by atoms with Crippen molar-refractivity contribution in [1.29, 1.82) is 0 Å². The van der Waals surface area contributed by atoms with E-state index in [1.54, 1.807) is 32.6 Å². The van der Waals surface area contributed by atoms with E-state index in [9.17, 15) is 0 Å². The van der Waals surface area contributed by atoms with E-state index in [1.165, 1.54) is 0 Å². The van der Waals surface area contributed by atoms with Gasteiger partial charge in [0.2, 0.25) is 0 Å². The first kappa shape index (κ1) is 17.9. The Balaban J connectivity index is 2.27. The molecule has 6 heteroatoms. The Morgan fingerprint density at radius 1 is 0.957 bits per heavy atom. The molecule has 0 fully saturated rings. The molecule has 23 heavy (non-hydrogen) atoms. The molecule has 1 atom stereocenters. The van der Waals surface area contributed by atoms with Crippen molar-refractivity contribution in [3.8, 4) is 11.5 Å². The molecular formula is C17H16Cl3NO2. The maximum Gasteiger partial charge on any atom is 0.161 e. The van der Waals surface area contributed by atoms with Crippen molar-refractivity contribution < 1.29 is 9.47 Å². The van der Waals surface area contributed by atoms with Gasteiger partial charge in [0.1, 0.15) is 0 Å². The molecule has 3 nitrogen and oxygen atoms in total. The Morgan fingerprint density at radius 2 is 1.57 bits per heavy atom. The van der Waals surface area contributed by atoms with E-state index < -0.39 is 0 Å². The highest BCUT2D eigenvalue weighted by Crippen LogP contribution is 2.35. The van der Waals surface area contributed by atoms with Crippen LogP contribution in [0, 0.1) is 0 Å². The van der Waals surface area contributed by atoms with Crippen LogP contribution in [0.15, 0.2) is 35.3 Å². The SMILES string of the molecule is COc1ccc(C=NC(C)c2c(Cl)cc(Cl)cc2Cl)cc1OC. The van der Waals surface area contributed by atoms with Gasteiger partial charge in [0.05, 0.1) is 20.3 Å². The number of halogens is 3. The zero-order chi connectivity index (χ0) is 17.0. The summed E-state index contributed by atoms with van der Waals surface area (Å²) in [6, 6.07) is 8.68. The number of benzene rings is 2. The number of hydrogen-bond acceptors (Lipinski definition) is 3. The van der Waals surface area contributed by atoms with E-state index in [4.69, 9.17) is 44.3 Å². The second-order valence-electron chi connectivity index (χ2n) is 4.85. The largest absolute Gasteiger partial charge is 0.493 e. The fourth-order valence-corrected chi connectivity index (χ4v) is 3.29. The summed E-state index contributed by atoms with van der Waals surface area (Å²) in [7, 11) is 3.19. The number of ether oxygens (including phenoxy) is 2. The van der Waals surface area contributed by atoms with Crippen molar-refractivity contribution in [1.82, 2.24) is 0 Å². The summed E-state index contributed by atoms with van der Waals surface area (Å²) in [4.78, 5) is 4.51. The average Bonchev–Trinajstić information content (AvgIpc) is 2.51. The van der Waals surface area contributed by atoms with Gasteiger partial charge in [0.15, 0.2) is 11.5 Å². The third-order valence-electron chi connectivity index (χ3n) is 3.32. The number of hydrogen-bond donors (Lipinski definition) is 0. The van der Waals surface area contributed by atoms with Gasteiger partial charge in [-0.3, -0.25) is 4.99 Å². The molecule has 0 saturated carbocycles. The topological polar surface area (TPSA) is 30.8 Å². The minimum atomic E-state index is -0.208. The van der Waals surface area contributed by atoms with Crippen LogP contribution in [0.3, 0.4) is 0 Å². The highest BCUT2D eigenvalue weighted by atomic mass is 35.5. The normalized spacial score (nSPS) is 12.4. The van der Waals surface area contributed by atoms with Gasteiger partial charge in [0.25, 0.3) is 0 Å². The van der Waals surface area contributed by atoms with Gasteiger partial charge in [-0.2, -0.15) is 0 Å². The summed E-state index contributed by atoms with van der Waals surface area (Å²) in [5, 5.41) is 1.50. The Hall–Kier alpha value is -1.42. The molecule has 0 N–H and O–H groups in total. The van der Waals surface area contributed by atoms with E-state index in [0.29, 0.717) is 26.6 Å². The summed E-state index contributed by atoms with van der Waals surface area (Å²) < 4.78 is 10.5. The summed E-state index contributed by atoms with van der Waals surface area (Å²) in [6.07, 6.45) is 1.74. The van der Waals surface area contributed by atoms with E-state index in [1.807, 2.05) is 25.1 Å². The number of rotatable bonds is 5. The molecule has 0 radical (unpaired) electrons. The van der Waals surface area contributed by atoms with Gasteiger partial charge < -0.3 is 9.47 Å². The van der Waals surface area contributed by atoms with Gasteiger partial charge in [-0.15, -0.1) is 0 Å². The van der Waals surface area contributed by atoms with Crippen molar-refractivity contribution in [3.63, 3.8) is 0 Å². The third kappa shape index (κ3) is 4.31. The minimum absolute atomic E-state index is 0.208. The van der Waals surface area contributed by atoms with E-state index in [0.717, 1.165) is 11.1 Å². The first-order chi connectivity index (χ1) is 11.0. The molecule has 0 aliphatic rings. The molecule has 1 unspecified atom stereocenters. The van der Waals surface area contributed by atoms with Crippen LogP contribution in [0.5, 0.6) is 11.5 Å². The Labute approximate surface area is 150 Å². The maximum absolute atomic E-state index is 6.22. The Kier molecular flexibility index (Phi) is 6.17. The van der Waals surface area contributed by atoms with Crippen LogP contribution >= 0.6 is 34.8 Å². The lowest BCUT2D eigenvalue weighted by atomic mass is 10.1. The number of aliphatic imine (C=N–C) groups is 1. The van der Waals surface area contributed by atoms with Crippen LogP contribution in [0.1, 0.15) is 24.1 Å². The van der Waals surface area contributed by atoms with Gasteiger partial charge in [0, 0.05) is 26.8 Å². The fourth-order valence-electron chi connectivity index (χ4n) is 2.16. The van der Waals surface area contributed by atoms with E-state index in [-0.39, 0.29) is 6.04 Å². The highest BCUT2D eigenvalue weighted by molar-refractivity contribution is 6.39. The molecule has 0 aliphatic carbocycles. The van der Waals surface area contributed by atoms with Crippen LogP contribution in [-0.2, 0) is 0 Å². The molecule has 0 spiro atoms. The van der Waals surface area contributed by atoms with Gasteiger partial charge in [-0.1, -0.05) is 34.8 Å². The number of nitrogens with zero attached hydrogens (tertiary/aromatic N) is 1. The van der Waals surface area contributed by atoms with Gasteiger partial charge in [-0.25, -0.2) is 0 Å². The van der Waals surface area contributed by atoms with E-state index in [2.05, 4.69) is 4.99 Å². The Morgan fingerprint density at radius 3 is 2.13 bits per heavy atom. The van der Waals surface area contributed by atoms with Crippen LogP contribution in [0.2, 0.25) is 15.1 Å². The standard InChI is InChI=1S/C17H16Cl3NO2/c1-10(17-13(19)7-12(18)8-14(17)20)21-9-11-4-5-15(22-2)16(6-11)23-3/h4-10H,1-3H3. The molecule has 0 saturated heterocycles. The lowest BCUT2D eigenvalue weighted by Crippen LogP contribution is -1.95. The Bertz CT molecular complexity index is 709. The maximum atomic E-state index is 6.22. The predicted octanol–water partition coefficient (Wildman–Crippen LogP) is 5.84. The van der Waals surface area contributed by atoms with E-state index >= 15 is 0 Å². The molecule has 0 bridgehead atoms. The number of methoxy groups -OCH3 is 2. The second kappa shape index (κ2) is 7.91. The molecule has 122 valence electrons. The molecule has 2 rings (SSSR count). The van der Waals surface area contributed by atoms with Crippen LogP contribution in [-0.4, -0.2) is 20.4 Å². The zero-order valence-electron chi connectivity index (χ0n) is 12.9. The second-order valence-corrected chi connectivity index (χ2v) is 6.10. The predicted molar refractivity (Wildman–Crippen MR) is 97.0 cm³/mol. The molecule has 0 amide bonds. The zero-order valence-corrected chi connectivity index (χ0v) is 15.2. The molecule has 0 aromatic heterocycles. The fraction of sp³-hybridized carbons (Fsp3) is 0.235. The van der Waals surface area contributed by atoms with Crippen LogP contribution in [0.4, 0.5) is 0 Å². The summed E-state index contributed by atoms with van der Waals surface area (Å²) in [5.41, 5.74) is 1.63. The summed E-state index contributed by atoms with van der Waals surface area (Å²) in [6.45, 7) is 1.91. The van der Waals surface area contributed by atoms with Crippen molar-refractivity contribution >= 4 is 41.0 Å². The van der Waals surface area contributed by atoms with Crippen molar-refractivity contribution in [2.75, 3.05) is 14.2 Å². The lowest BCUT2D eigenvalue weighted by molar-refractivity contribution is 0.355. The average molecular weight is 373 g/mol. The monoisotopic (exact) mass is 371 g/mol. The van der Waals surface area contributed by atoms with Gasteiger partial charge >= 0.3 is 0 Å². The molecule has 0 heterocycles. The minimum Gasteiger partial charge on any atom is -0.493 e. The van der Waals surface area contributed by atoms with Crippen molar-refractivity contribution in [2.24, 2.45) is 4.99 Å². The van der Waals surface area contributed by atoms with Crippen molar-refractivity contribution in [2.45, 2.75) is 13.0 Å². The molecule has 2 aromatic carbocycles. The molecule has 0 aliphatic heterocycles. The molecular weight excluding hydrogens is 357 g/mol. The van der Waals surface area contributed by atoms with Crippen LogP contribution in [0.25, 0.3) is 0 Å². The summed E-state index contributed by atoms with van der Waals surface area (Å²) in [5.74, 6) is 1.31. The quantitative estimate of drug-likeness (QED) is 0.617. The molecule has 2 aromatic rings. The first-order valence-electron chi connectivity index (χ1n) is 6.86. The summed E-state index contributed by atoms with van der Waals surface area (Å²) >= 11 is 18.4. The highest BCUT2D eigenvalue weighted by Gasteiger charge is 2.14.